The number of furan rings is 2. The highest BCUT2D eigenvalue weighted by Gasteiger charge is 2.17. The van der Waals surface area contributed by atoms with Crippen LogP contribution in [0.25, 0.3) is 35.1 Å². The highest BCUT2D eigenvalue weighted by Crippen LogP contribution is 2.32. The quantitative estimate of drug-likeness (QED) is 0.231. The molecule has 5 nitrogen and oxygen atoms in total. The first-order valence-electron chi connectivity index (χ1n) is 10.4. The Morgan fingerprint density at radius 1 is 0.848 bits per heavy atom. The first-order chi connectivity index (χ1) is 16.2. The fourth-order valence-electron chi connectivity index (χ4n) is 3.48. The average molecular weight is 431 g/mol. The Kier molecular flexibility index (Phi) is 6.54. The summed E-state index contributed by atoms with van der Waals surface area (Å²) in [6.45, 7) is 2.38. The minimum Gasteiger partial charge on any atom is -0.455 e. The van der Waals surface area contributed by atoms with Crippen molar-refractivity contribution in [2.24, 2.45) is 0 Å². The van der Waals surface area contributed by atoms with Gasteiger partial charge in [-0.3, -0.25) is 0 Å². The molecule has 0 aliphatic carbocycles. The van der Waals surface area contributed by atoms with Crippen molar-refractivity contribution in [1.82, 2.24) is 4.57 Å². The Balaban J connectivity index is 1.73. The Morgan fingerprint density at radius 2 is 1.52 bits per heavy atom. The molecule has 0 bridgehead atoms. The Labute approximate surface area is 192 Å². The first-order valence-corrected chi connectivity index (χ1v) is 10.4. The Bertz CT molecular complexity index is 1410. The molecule has 0 N–H and O–H groups in total. The smallest absolute Gasteiger partial charge is 0.151 e. The molecule has 5 heteroatoms. The number of benzene rings is 1. The molecule has 0 amide bonds. The summed E-state index contributed by atoms with van der Waals surface area (Å²) in [6.07, 6.45) is 8.37. The Hall–Kier alpha value is -4.74. The summed E-state index contributed by atoms with van der Waals surface area (Å²) < 4.78 is 14.2. The van der Waals surface area contributed by atoms with Crippen molar-refractivity contribution in [2.45, 2.75) is 13.5 Å². The maximum absolute atomic E-state index is 9.04. The van der Waals surface area contributed by atoms with Crippen molar-refractivity contribution in [1.29, 1.82) is 10.5 Å². The number of nitrogens with zero attached hydrogens (tertiary/aromatic N) is 3. The van der Waals surface area contributed by atoms with E-state index in [9.17, 15) is 0 Å². The third-order valence-corrected chi connectivity index (χ3v) is 5.00. The predicted molar refractivity (Wildman–Crippen MR) is 128 cm³/mol. The van der Waals surface area contributed by atoms with Gasteiger partial charge in [0.1, 0.15) is 11.5 Å². The lowest BCUT2D eigenvalue weighted by molar-refractivity contribution is 0.557. The molecule has 4 aromatic rings. The number of hydrogen-bond donors (Lipinski definition) is 0. The Morgan fingerprint density at radius 3 is 2.18 bits per heavy atom. The van der Waals surface area contributed by atoms with Crippen molar-refractivity contribution in [2.75, 3.05) is 0 Å². The zero-order chi connectivity index (χ0) is 23.0. The minimum absolute atomic E-state index is 0.581. The van der Waals surface area contributed by atoms with Gasteiger partial charge in [-0.2, -0.15) is 10.5 Å². The van der Waals surface area contributed by atoms with Gasteiger partial charge in [0.15, 0.2) is 11.5 Å². The molecule has 3 aromatic heterocycles. The molecule has 0 unspecified atom stereocenters. The fraction of sp³-hybridized carbons (Fsp3) is 0.0714. The summed E-state index contributed by atoms with van der Waals surface area (Å²) in [5.41, 5.74) is 3.56. The van der Waals surface area contributed by atoms with Crippen molar-refractivity contribution >= 4 is 12.2 Å². The van der Waals surface area contributed by atoms with Gasteiger partial charge in [-0.25, -0.2) is 0 Å². The van der Waals surface area contributed by atoms with E-state index in [0.717, 1.165) is 22.7 Å². The van der Waals surface area contributed by atoms with Crippen molar-refractivity contribution in [3.05, 3.63) is 108 Å². The van der Waals surface area contributed by atoms with E-state index in [0.29, 0.717) is 29.4 Å². The summed E-state index contributed by atoms with van der Waals surface area (Å²) in [5, 5.41) is 17.6. The second-order valence-electron chi connectivity index (χ2n) is 7.37. The molecule has 0 spiro atoms. The van der Waals surface area contributed by atoms with Crippen LogP contribution < -0.4 is 0 Å². The summed E-state index contributed by atoms with van der Waals surface area (Å²) in [4.78, 5) is 0. The van der Waals surface area contributed by atoms with E-state index < -0.39 is 0 Å². The first kappa shape index (κ1) is 21.5. The van der Waals surface area contributed by atoms with Gasteiger partial charge in [-0.1, -0.05) is 42.5 Å². The monoisotopic (exact) mass is 431 g/mol. The van der Waals surface area contributed by atoms with Crippen LogP contribution in [-0.4, -0.2) is 4.57 Å². The molecule has 33 heavy (non-hydrogen) atoms. The van der Waals surface area contributed by atoms with Gasteiger partial charge in [-0.05, 0) is 61.0 Å². The van der Waals surface area contributed by atoms with Crippen molar-refractivity contribution in [3.63, 3.8) is 0 Å². The van der Waals surface area contributed by atoms with Crippen LogP contribution in [0.4, 0.5) is 0 Å². The molecule has 0 saturated carbocycles. The zero-order valence-corrected chi connectivity index (χ0v) is 18.1. The normalized spacial score (nSPS) is 11.8. The molecule has 0 radical (unpaired) electrons. The summed E-state index contributed by atoms with van der Waals surface area (Å²) >= 11 is 0. The maximum atomic E-state index is 9.04. The van der Waals surface area contributed by atoms with Crippen LogP contribution in [0.2, 0.25) is 0 Å². The van der Waals surface area contributed by atoms with Crippen LogP contribution in [0.3, 0.4) is 0 Å². The van der Waals surface area contributed by atoms with Crippen molar-refractivity contribution < 1.29 is 8.83 Å². The van der Waals surface area contributed by atoms with Crippen LogP contribution in [0, 0.1) is 22.7 Å². The van der Waals surface area contributed by atoms with Crippen LogP contribution in [-0.2, 0) is 6.54 Å². The van der Waals surface area contributed by atoms with Gasteiger partial charge in [0.2, 0.25) is 0 Å². The lowest BCUT2D eigenvalue weighted by Gasteiger charge is -2.12. The van der Waals surface area contributed by atoms with Gasteiger partial charge in [0.25, 0.3) is 0 Å². The van der Waals surface area contributed by atoms with E-state index in [-0.39, 0.29) is 0 Å². The van der Waals surface area contributed by atoms with Crippen LogP contribution in [0.1, 0.15) is 24.0 Å². The second-order valence-corrected chi connectivity index (χ2v) is 7.37. The van der Waals surface area contributed by atoms with Crippen LogP contribution >= 0.6 is 0 Å². The number of nitriles is 2. The van der Waals surface area contributed by atoms with Gasteiger partial charge >= 0.3 is 0 Å². The molecule has 0 aliphatic rings. The van der Waals surface area contributed by atoms with E-state index >= 15 is 0 Å². The van der Waals surface area contributed by atoms with Crippen LogP contribution in [0.5, 0.6) is 0 Å². The largest absolute Gasteiger partial charge is 0.455 e. The standard InChI is InChI=1S/C28H21N3O2/c1-21(19-30)18-24-12-16-28(33-24)26-14-13-25(31(26)20-22-8-4-2-5-9-22)27-15-11-23(32-27)10-6-3-7-17-29/h2-16,18H,20H2,1H3/b7-3+,10-6+,21-18-. The molecular formula is C28H21N3O2. The van der Waals surface area contributed by atoms with E-state index in [4.69, 9.17) is 19.4 Å². The van der Waals surface area contributed by atoms with Gasteiger partial charge < -0.3 is 13.4 Å². The predicted octanol–water partition coefficient (Wildman–Crippen LogP) is 7.08. The third-order valence-electron chi connectivity index (χ3n) is 5.00. The van der Waals surface area contributed by atoms with Gasteiger partial charge in [0.05, 0.1) is 23.5 Å². The molecule has 3 heterocycles. The zero-order valence-electron chi connectivity index (χ0n) is 18.1. The summed E-state index contributed by atoms with van der Waals surface area (Å²) in [5.74, 6) is 2.77. The van der Waals surface area contributed by atoms with Gasteiger partial charge in [0, 0.05) is 18.2 Å². The third kappa shape index (κ3) is 5.12. The fourth-order valence-corrected chi connectivity index (χ4v) is 3.48. The molecule has 0 aliphatic heterocycles. The average Bonchev–Trinajstić information content (AvgIpc) is 3.57. The molecule has 0 atom stereocenters. The highest BCUT2D eigenvalue weighted by molar-refractivity contribution is 5.67. The van der Waals surface area contributed by atoms with E-state index in [1.807, 2.05) is 66.7 Å². The molecular weight excluding hydrogens is 410 g/mol. The second kappa shape index (κ2) is 10.0. The van der Waals surface area contributed by atoms with E-state index in [2.05, 4.69) is 22.8 Å². The van der Waals surface area contributed by atoms with Crippen LogP contribution in [0.15, 0.2) is 99.4 Å². The topological polar surface area (TPSA) is 78.8 Å². The number of allylic oxidation sites excluding steroid dienone is 4. The van der Waals surface area contributed by atoms with Gasteiger partial charge in [-0.15, -0.1) is 0 Å². The number of aromatic nitrogens is 1. The summed E-state index contributed by atoms with van der Waals surface area (Å²) in [6, 6.07) is 25.9. The molecule has 4 rings (SSSR count). The van der Waals surface area contributed by atoms with E-state index in [1.165, 1.54) is 6.08 Å². The molecule has 160 valence electrons. The lowest BCUT2D eigenvalue weighted by atomic mass is 10.2. The highest BCUT2D eigenvalue weighted by atomic mass is 16.3. The molecule has 1 aromatic carbocycles. The maximum Gasteiger partial charge on any atom is 0.151 e. The minimum atomic E-state index is 0.581. The van der Waals surface area contributed by atoms with Crippen molar-refractivity contribution in [3.8, 4) is 35.0 Å². The number of rotatable bonds is 7. The molecule has 0 saturated heterocycles. The lowest BCUT2D eigenvalue weighted by Crippen LogP contribution is -2.03. The molecule has 0 fully saturated rings. The number of hydrogen-bond acceptors (Lipinski definition) is 4. The summed E-state index contributed by atoms with van der Waals surface area (Å²) in [7, 11) is 0. The van der Waals surface area contributed by atoms with E-state index in [1.54, 1.807) is 25.2 Å². The SMILES string of the molecule is C/C(C#N)=C/c1ccc(-c2ccc(-c3ccc(/C=C/C=C/C#N)o3)n2Cc2ccccc2)o1.